The smallest absolute Gasteiger partial charge is 0.150 e. The number of rotatable bonds is 7. The summed E-state index contributed by atoms with van der Waals surface area (Å²) < 4.78 is 28.3. The van der Waals surface area contributed by atoms with Crippen molar-refractivity contribution < 1.29 is 8.78 Å². The topological polar surface area (TPSA) is 29.3 Å². The van der Waals surface area contributed by atoms with E-state index in [2.05, 4.69) is 13.8 Å². The van der Waals surface area contributed by atoms with Crippen LogP contribution in [-0.4, -0.2) is 18.1 Å². The van der Waals surface area contributed by atoms with E-state index in [0.29, 0.717) is 19.0 Å². The molecule has 0 atom stereocenters. The molecule has 0 bridgehead atoms. The molecule has 2 N–H and O–H groups in total. The molecule has 0 aliphatic carbocycles. The summed E-state index contributed by atoms with van der Waals surface area (Å²) in [5.41, 5.74) is 5.65. The van der Waals surface area contributed by atoms with Gasteiger partial charge >= 0.3 is 0 Å². The predicted octanol–water partition coefficient (Wildman–Crippen LogP) is 3.86. The van der Waals surface area contributed by atoms with E-state index >= 15 is 0 Å². The van der Waals surface area contributed by atoms with Crippen LogP contribution < -0.4 is 10.6 Å². The summed E-state index contributed by atoms with van der Waals surface area (Å²) in [6.07, 6.45) is 1.97. The van der Waals surface area contributed by atoms with Gasteiger partial charge in [-0.1, -0.05) is 38.9 Å². The quantitative estimate of drug-likeness (QED) is 0.775. The van der Waals surface area contributed by atoms with Gasteiger partial charge in [0.2, 0.25) is 0 Å². The number of halogens is 2. The zero-order valence-corrected chi connectivity index (χ0v) is 13.1. The van der Waals surface area contributed by atoms with E-state index in [-0.39, 0.29) is 16.2 Å². The van der Waals surface area contributed by atoms with Gasteiger partial charge in [-0.3, -0.25) is 0 Å². The van der Waals surface area contributed by atoms with Crippen molar-refractivity contribution in [2.75, 3.05) is 18.0 Å². The van der Waals surface area contributed by atoms with Crippen LogP contribution in [0.1, 0.15) is 39.2 Å². The van der Waals surface area contributed by atoms with Crippen LogP contribution in [0.15, 0.2) is 12.1 Å². The maximum absolute atomic E-state index is 14.2. The van der Waals surface area contributed by atoms with Crippen molar-refractivity contribution in [1.82, 2.24) is 0 Å². The van der Waals surface area contributed by atoms with E-state index in [1.165, 1.54) is 12.1 Å². The molecule has 20 heavy (non-hydrogen) atoms. The Morgan fingerprint density at radius 3 is 2.05 bits per heavy atom. The Balaban J connectivity index is 3.12. The molecule has 0 saturated heterocycles. The molecule has 0 amide bonds. The standard InChI is InChI=1S/C15H22F2N2S/c1-4-10(5-2)9-19(6-3)14-12(16)7-11(15(18)20)8-13(14)17/h7-8,10H,4-6,9H2,1-3H3,(H2,18,20). The van der Waals surface area contributed by atoms with Gasteiger partial charge in [0.1, 0.15) is 22.3 Å². The minimum absolute atomic E-state index is 0.00242. The van der Waals surface area contributed by atoms with Crippen molar-refractivity contribution in [2.45, 2.75) is 33.6 Å². The SMILES string of the molecule is CCC(CC)CN(CC)c1c(F)cc(C(N)=S)cc1F. The number of hydrogen-bond acceptors (Lipinski definition) is 2. The van der Waals surface area contributed by atoms with Crippen molar-refractivity contribution in [3.63, 3.8) is 0 Å². The van der Waals surface area contributed by atoms with Crippen LogP contribution >= 0.6 is 12.2 Å². The molecular weight excluding hydrogens is 278 g/mol. The lowest BCUT2D eigenvalue weighted by Crippen LogP contribution is -2.30. The second kappa shape index (κ2) is 7.53. The lowest BCUT2D eigenvalue weighted by Gasteiger charge is -2.28. The lowest BCUT2D eigenvalue weighted by atomic mass is 10.0. The summed E-state index contributed by atoms with van der Waals surface area (Å²) in [6, 6.07) is 2.41. The Morgan fingerprint density at radius 2 is 1.70 bits per heavy atom. The van der Waals surface area contributed by atoms with Gasteiger partial charge in [-0.25, -0.2) is 8.78 Å². The Morgan fingerprint density at radius 1 is 1.20 bits per heavy atom. The van der Waals surface area contributed by atoms with Crippen molar-refractivity contribution >= 4 is 22.9 Å². The molecule has 0 aromatic heterocycles. The monoisotopic (exact) mass is 300 g/mol. The van der Waals surface area contributed by atoms with Gasteiger partial charge in [0.25, 0.3) is 0 Å². The van der Waals surface area contributed by atoms with Crippen LogP contribution in [0, 0.1) is 17.6 Å². The van der Waals surface area contributed by atoms with E-state index in [4.69, 9.17) is 18.0 Å². The highest BCUT2D eigenvalue weighted by Gasteiger charge is 2.19. The molecule has 1 aromatic rings. The van der Waals surface area contributed by atoms with Gasteiger partial charge in [0.15, 0.2) is 0 Å². The molecule has 1 aromatic carbocycles. The fraction of sp³-hybridized carbons (Fsp3) is 0.533. The van der Waals surface area contributed by atoms with Crippen molar-refractivity contribution in [2.24, 2.45) is 11.7 Å². The number of nitrogens with zero attached hydrogens (tertiary/aromatic N) is 1. The van der Waals surface area contributed by atoms with Gasteiger partial charge < -0.3 is 10.6 Å². The van der Waals surface area contributed by atoms with Crippen molar-refractivity contribution in [3.05, 3.63) is 29.3 Å². The predicted molar refractivity (Wildman–Crippen MR) is 84.2 cm³/mol. The molecule has 0 heterocycles. The Bertz CT molecular complexity index is 450. The largest absolute Gasteiger partial charge is 0.389 e. The Hall–Kier alpha value is -1.23. The van der Waals surface area contributed by atoms with Crippen LogP contribution in [0.4, 0.5) is 14.5 Å². The van der Waals surface area contributed by atoms with Gasteiger partial charge in [-0.05, 0) is 25.0 Å². The molecular formula is C15H22F2N2S. The third kappa shape index (κ3) is 3.88. The van der Waals surface area contributed by atoms with Gasteiger partial charge in [-0.2, -0.15) is 0 Å². The van der Waals surface area contributed by atoms with Crippen LogP contribution in [0.25, 0.3) is 0 Å². The van der Waals surface area contributed by atoms with E-state index < -0.39 is 11.6 Å². The fourth-order valence-electron chi connectivity index (χ4n) is 2.25. The van der Waals surface area contributed by atoms with Crippen LogP contribution in [0.3, 0.4) is 0 Å². The highest BCUT2D eigenvalue weighted by atomic mass is 32.1. The molecule has 5 heteroatoms. The average Bonchev–Trinajstić information content (AvgIpc) is 2.41. The van der Waals surface area contributed by atoms with Gasteiger partial charge in [0, 0.05) is 18.7 Å². The lowest BCUT2D eigenvalue weighted by molar-refractivity contribution is 0.475. The zero-order valence-electron chi connectivity index (χ0n) is 12.2. The summed E-state index contributed by atoms with van der Waals surface area (Å²) in [4.78, 5) is 1.74. The second-order valence-corrected chi connectivity index (χ2v) is 5.31. The second-order valence-electron chi connectivity index (χ2n) is 4.87. The number of benzene rings is 1. The third-order valence-electron chi connectivity index (χ3n) is 3.63. The average molecular weight is 300 g/mol. The first-order valence-electron chi connectivity index (χ1n) is 6.98. The fourth-order valence-corrected chi connectivity index (χ4v) is 2.36. The molecule has 0 radical (unpaired) electrons. The van der Waals surface area contributed by atoms with E-state index in [9.17, 15) is 8.78 Å². The van der Waals surface area contributed by atoms with Crippen LogP contribution in [0.5, 0.6) is 0 Å². The first kappa shape index (κ1) is 16.8. The molecule has 0 saturated carbocycles. The van der Waals surface area contributed by atoms with Gasteiger partial charge in [-0.15, -0.1) is 0 Å². The normalized spacial score (nSPS) is 10.9. The summed E-state index contributed by atoms with van der Waals surface area (Å²) >= 11 is 4.76. The molecule has 1 rings (SSSR count). The first-order valence-corrected chi connectivity index (χ1v) is 7.39. The number of hydrogen-bond donors (Lipinski definition) is 1. The Labute approximate surface area is 125 Å². The maximum atomic E-state index is 14.2. The number of anilines is 1. The maximum Gasteiger partial charge on any atom is 0.150 e. The summed E-state index contributed by atoms with van der Waals surface area (Å²) in [5, 5.41) is 0. The van der Waals surface area contributed by atoms with E-state index in [0.717, 1.165) is 12.8 Å². The summed E-state index contributed by atoms with van der Waals surface area (Å²) in [7, 11) is 0. The van der Waals surface area contributed by atoms with Crippen LogP contribution in [-0.2, 0) is 0 Å². The Kier molecular flexibility index (Phi) is 6.33. The number of thiocarbonyl (C=S) groups is 1. The third-order valence-corrected chi connectivity index (χ3v) is 3.87. The molecule has 112 valence electrons. The molecule has 0 aliphatic rings. The molecule has 0 unspecified atom stereocenters. The number of nitrogens with two attached hydrogens (primary N) is 1. The minimum atomic E-state index is -0.611. The first-order chi connectivity index (χ1) is 9.44. The summed E-state index contributed by atoms with van der Waals surface area (Å²) in [6.45, 7) is 7.26. The highest BCUT2D eigenvalue weighted by molar-refractivity contribution is 7.80. The van der Waals surface area contributed by atoms with E-state index in [1.807, 2.05) is 6.92 Å². The molecule has 0 aliphatic heterocycles. The van der Waals surface area contributed by atoms with Crippen molar-refractivity contribution in [1.29, 1.82) is 0 Å². The van der Waals surface area contributed by atoms with Crippen LogP contribution in [0.2, 0.25) is 0 Å². The van der Waals surface area contributed by atoms with Crippen molar-refractivity contribution in [3.8, 4) is 0 Å². The van der Waals surface area contributed by atoms with Gasteiger partial charge in [0.05, 0.1) is 0 Å². The summed E-state index contributed by atoms with van der Waals surface area (Å²) in [5.74, 6) is -0.801. The zero-order chi connectivity index (χ0) is 15.3. The molecule has 0 fully saturated rings. The van der Waals surface area contributed by atoms with E-state index in [1.54, 1.807) is 4.90 Å². The highest BCUT2D eigenvalue weighted by Crippen LogP contribution is 2.26. The molecule has 0 spiro atoms. The minimum Gasteiger partial charge on any atom is -0.389 e. The molecule has 2 nitrogen and oxygen atoms in total.